The topological polar surface area (TPSA) is 58.6 Å². The zero-order valence-electron chi connectivity index (χ0n) is 13.4. The van der Waals surface area contributed by atoms with Crippen molar-refractivity contribution in [3.8, 4) is 0 Å². The van der Waals surface area contributed by atoms with Gasteiger partial charge in [0, 0.05) is 16.6 Å². The Morgan fingerprint density at radius 2 is 1.83 bits per heavy atom. The molecule has 0 saturated carbocycles. The molecule has 0 saturated heterocycles. The van der Waals surface area contributed by atoms with E-state index in [4.69, 9.17) is 21.5 Å². The molecule has 1 unspecified atom stereocenters. The Balaban J connectivity index is 0.000000341. The lowest BCUT2D eigenvalue weighted by molar-refractivity contribution is -0.131. The van der Waals surface area contributed by atoms with E-state index in [0.29, 0.717) is 11.4 Å². The number of nitrogens with one attached hydrogen (secondary N) is 1. The minimum absolute atomic E-state index is 0.153. The molecule has 2 N–H and O–H groups in total. The van der Waals surface area contributed by atoms with E-state index >= 15 is 0 Å². The van der Waals surface area contributed by atoms with E-state index in [1.165, 1.54) is 0 Å². The van der Waals surface area contributed by atoms with Crippen molar-refractivity contribution in [2.24, 2.45) is 0 Å². The fourth-order valence-corrected chi connectivity index (χ4v) is 2.38. The van der Waals surface area contributed by atoms with Gasteiger partial charge in [-0.15, -0.1) is 0 Å². The summed E-state index contributed by atoms with van der Waals surface area (Å²) in [6, 6.07) is 17.5. The Hall–Kier alpha value is -1.40. The summed E-state index contributed by atoms with van der Waals surface area (Å²) < 4.78 is 6.30. The number of methoxy groups -OCH3 is 1. The van der Waals surface area contributed by atoms with Crippen LogP contribution in [0.1, 0.15) is 18.4 Å². The molecule has 0 heterocycles. The summed E-state index contributed by atoms with van der Waals surface area (Å²) in [4.78, 5) is 11.0. The van der Waals surface area contributed by atoms with Crippen molar-refractivity contribution in [3.63, 3.8) is 0 Å². The highest BCUT2D eigenvalue weighted by molar-refractivity contribution is 9.10. The number of ether oxygens (including phenoxy) is 1. The van der Waals surface area contributed by atoms with Gasteiger partial charge in [-0.25, -0.2) is 5.48 Å². The summed E-state index contributed by atoms with van der Waals surface area (Å²) >= 11 is 9.10. The minimum Gasteiger partial charge on any atom is -0.381 e. The van der Waals surface area contributed by atoms with E-state index in [1.807, 2.05) is 54.6 Å². The third-order valence-electron chi connectivity index (χ3n) is 3.27. The Kier molecular flexibility index (Phi) is 10.4. The van der Waals surface area contributed by atoms with Gasteiger partial charge in [0.15, 0.2) is 0 Å². The quantitative estimate of drug-likeness (QED) is 0.535. The van der Waals surface area contributed by atoms with Crippen molar-refractivity contribution in [2.45, 2.75) is 25.4 Å². The van der Waals surface area contributed by atoms with Crippen LogP contribution in [-0.2, 0) is 16.0 Å². The van der Waals surface area contributed by atoms with Gasteiger partial charge in [-0.05, 0) is 42.7 Å². The molecule has 1 atom stereocenters. The molecule has 0 aliphatic heterocycles. The summed E-state index contributed by atoms with van der Waals surface area (Å²) in [5.74, 6) is -0.437. The molecule has 0 spiro atoms. The summed E-state index contributed by atoms with van der Waals surface area (Å²) in [5, 5.41) is 9.13. The zero-order valence-corrected chi connectivity index (χ0v) is 15.8. The van der Waals surface area contributed by atoms with E-state index in [2.05, 4.69) is 15.9 Å². The third kappa shape index (κ3) is 9.03. The van der Waals surface area contributed by atoms with Crippen LogP contribution in [0.5, 0.6) is 0 Å². The molecule has 24 heavy (non-hydrogen) atoms. The highest BCUT2D eigenvalue weighted by atomic mass is 79.9. The maximum absolute atomic E-state index is 11.0. The number of hydrogen-bond acceptors (Lipinski definition) is 3. The average molecular weight is 415 g/mol. The Morgan fingerprint density at radius 3 is 2.29 bits per heavy atom. The number of halogens is 2. The maximum Gasteiger partial charge on any atom is 0.245 e. The van der Waals surface area contributed by atoms with Gasteiger partial charge < -0.3 is 4.74 Å². The molecule has 0 aliphatic rings. The number of rotatable bonds is 6. The van der Waals surface area contributed by atoms with Gasteiger partial charge >= 0.3 is 0 Å². The lowest BCUT2D eigenvalue weighted by Gasteiger charge is -2.13. The lowest BCUT2D eigenvalue weighted by atomic mass is 10.0. The highest BCUT2D eigenvalue weighted by Gasteiger charge is 2.12. The predicted molar refractivity (Wildman–Crippen MR) is 99.3 cm³/mol. The number of carbonyl (C=O) groups is 1. The molecule has 0 bridgehead atoms. The first-order valence-electron chi connectivity index (χ1n) is 7.46. The number of hydrogen-bond donors (Lipinski definition) is 2. The molecule has 0 aliphatic carbocycles. The molecule has 6 heteroatoms. The summed E-state index contributed by atoms with van der Waals surface area (Å²) in [7, 11) is 1.55. The smallest absolute Gasteiger partial charge is 0.245 e. The first-order chi connectivity index (χ1) is 11.5. The number of aryl methyl sites for hydroxylation is 1. The molecular formula is C18H21BrClNO3. The molecule has 2 aromatic carbocycles. The molecule has 0 aromatic heterocycles. The van der Waals surface area contributed by atoms with Gasteiger partial charge in [0.2, 0.25) is 5.91 Å². The third-order valence-corrected chi connectivity index (χ3v) is 4.05. The second kappa shape index (κ2) is 12.0. The standard InChI is InChI=1S/C12H16ClNO3.C6H5Br/c1-17-11(8-12(15)14-16)7-4-9-2-5-10(13)6-3-9;7-6-4-2-1-3-5-6/h2-3,5-6,11,16H,4,7-8H2,1H3,(H,14,15);1-5H. The predicted octanol–water partition coefficient (Wildman–Crippen LogP) is 4.63. The molecule has 2 rings (SSSR count). The minimum atomic E-state index is -0.437. The van der Waals surface area contributed by atoms with Crippen molar-refractivity contribution < 1.29 is 14.7 Å². The van der Waals surface area contributed by atoms with Crippen molar-refractivity contribution >= 4 is 33.4 Å². The van der Waals surface area contributed by atoms with E-state index in [9.17, 15) is 4.79 Å². The molecule has 1 amide bonds. The SMILES string of the molecule is Brc1ccccc1.COC(CCc1ccc(Cl)cc1)CC(=O)NO. The normalized spacial score (nSPS) is 11.2. The first-order valence-corrected chi connectivity index (χ1v) is 8.63. The van der Waals surface area contributed by atoms with Crippen molar-refractivity contribution in [1.29, 1.82) is 0 Å². The molecule has 4 nitrogen and oxygen atoms in total. The van der Waals surface area contributed by atoms with E-state index in [-0.39, 0.29) is 12.5 Å². The van der Waals surface area contributed by atoms with Crippen LogP contribution in [0.3, 0.4) is 0 Å². The summed E-state index contributed by atoms with van der Waals surface area (Å²) in [5.41, 5.74) is 2.74. The molecule has 0 fully saturated rings. The molecule has 0 radical (unpaired) electrons. The van der Waals surface area contributed by atoms with Crippen LogP contribution in [0.2, 0.25) is 5.02 Å². The van der Waals surface area contributed by atoms with Gasteiger partial charge in [0.1, 0.15) is 0 Å². The summed E-state index contributed by atoms with van der Waals surface area (Å²) in [6.07, 6.45) is 1.47. The number of carbonyl (C=O) groups excluding carboxylic acids is 1. The monoisotopic (exact) mass is 413 g/mol. The van der Waals surface area contributed by atoms with Gasteiger partial charge in [0.25, 0.3) is 0 Å². The van der Waals surface area contributed by atoms with Crippen LogP contribution < -0.4 is 5.48 Å². The Bertz CT molecular complexity index is 593. The van der Waals surface area contributed by atoms with Crippen molar-refractivity contribution in [2.75, 3.05) is 7.11 Å². The number of hydroxylamine groups is 1. The fraction of sp³-hybridized carbons (Fsp3) is 0.278. The van der Waals surface area contributed by atoms with Crippen LogP contribution in [0.15, 0.2) is 59.1 Å². The van der Waals surface area contributed by atoms with Crippen LogP contribution in [0, 0.1) is 0 Å². The van der Waals surface area contributed by atoms with Crippen LogP contribution in [0.4, 0.5) is 0 Å². The number of benzene rings is 2. The van der Waals surface area contributed by atoms with Gasteiger partial charge in [-0.1, -0.05) is 57.9 Å². The van der Waals surface area contributed by atoms with Gasteiger partial charge in [-0.3, -0.25) is 10.0 Å². The number of amides is 1. The van der Waals surface area contributed by atoms with Gasteiger partial charge in [0.05, 0.1) is 12.5 Å². The van der Waals surface area contributed by atoms with Crippen LogP contribution in [0.25, 0.3) is 0 Å². The highest BCUT2D eigenvalue weighted by Crippen LogP contribution is 2.13. The molecule has 2 aromatic rings. The lowest BCUT2D eigenvalue weighted by Crippen LogP contribution is -2.25. The summed E-state index contributed by atoms with van der Waals surface area (Å²) in [6.45, 7) is 0. The Morgan fingerprint density at radius 1 is 1.21 bits per heavy atom. The second-order valence-electron chi connectivity index (χ2n) is 5.06. The van der Waals surface area contributed by atoms with Crippen LogP contribution >= 0.6 is 27.5 Å². The van der Waals surface area contributed by atoms with E-state index in [0.717, 1.165) is 16.5 Å². The maximum atomic E-state index is 11.0. The van der Waals surface area contributed by atoms with Crippen LogP contribution in [-0.4, -0.2) is 24.3 Å². The Labute approximate surface area is 155 Å². The van der Waals surface area contributed by atoms with E-state index in [1.54, 1.807) is 12.6 Å². The average Bonchev–Trinajstić information content (AvgIpc) is 2.61. The molecular weight excluding hydrogens is 394 g/mol. The van der Waals surface area contributed by atoms with Crippen molar-refractivity contribution in [3.05, 3.63) is 69.7 Å². The second-order valence-corrected chi connectivity index (χ2v) is 6.41. The zero-order chi connectivity index (χ0) is 17.8. The molecule has 130 valence electrons. The van der Waals surface area contributed by atoms with Gasteiger partial charge in [-0.2, -0.15) is 0 Å². The van der Waals surface area contributed by atoms with Crippen molar-refractivity contribution in [1.82, 2.24) is 5.48 Å². The first kappa shape index (κ1) is 20.6. The largest absolute Gasteiger partial charge is 0.381 e. The fourth-order valence-electron chi connectivity index (χ4n) is 1.95. The van der Waals surface area contributed by atoms with E-state index < -0.39 is 5.91 Å².